The molecular formula is C15H19N3O. The van der Waals surface area contributed by atoms with Gasteiger partial charge in [0.15, 0.2) is 0 Å². The van der Waals surface area contributed by atoms with E-state index in [1.807, 2.05) is 58.3 Å². The van der Waals surface area contributed by atoms with Crippen LogP contribution in [0.25, 0.3) is 11.3 Å². The van der Waals surface area contributed by atoms with Crippen LogP contribution in [0.3, 0.4) is 0 Å². The summed E-state index contributed by atoms with van der Waals surface area (Å²) in [6, 6.07) is 7.98. The first kappa shape index (κ1) is 13.3. The lowest BCUT2D eigenvalue weighted by molar-refractivity contribution is 0.242. The van der Waals surface area contributed by atoms with Crippen molar-refractivity contribution < 1.29 is 4.74 Å². The number of nitrogens with zero attached hydrogens (tertiary/aromatic N) is 2. The zero-order chi connectivity index (χ0) is 13.8. The van der Waals surface area contributed by atoms with Crippen LogP contribution in [0.4, 0.5) is 5.95 Å². The van der Waals surface area contributed by atoms with Gasteiger partial charge in [0.25, 0.3) is 0 Å². The fraction of sp³-hybridized carbons (Fsp3) is 0.333. The van der Waals surface area contributed by atoms with E-state index in [0.717, 1.165) is 22.6 Å². The van der Waals surface area contributed by atoms with Gasteiger partial charge in [0.05, 0.1) is 11.8 Å². The fourth-order valence-corrected chi connectivity index (χ4v) is 1.82. The summed E-state index contributed by atoms with van der Waals surface area (Å²) in [5, 5.41) is 2.95. The molecular weight excluding hydrogens is 238 g/mol. The Morgan fingerprint density at radius 2 is 1.84 bits per heavy atom. The lowest BCUT2D eigenvalue weighted by Crippen LogP contribution is -2.05. The molecule has 2 aromatic rings. The molecule has 1 N–H and O–H groups in total. The van der Waals surface area contributed by atoms with Gasteiger partial charge in [0, 0.05) is 18.8 Å². The fourth-order valence-electron chi connectivity index (χ4n) is 1.82. The molecule has 100 valence electrons. The van der Waals surface area contributed by atoms with Gasteiger partial charge in [0.2, 0.25) is 5.95 Å². The van der Waals surface area contributed by atoms with Gasteiger partial charge in [-0.1, -0.05) is 0 Å². The van der Waals surface area contributed by atoms with E-state index in [2.05, 4.69) is 15.3 Å². The average molecular weight is 257 g/mol. The molecule has 0 aliphatic carbocycles. The highest BCUT2D eigenvalue weighted by molar-refractivity contribution is 5.64. The van der Waals surface area contributed by atoms with Gasteiger partial charge < -0.3 is 10.1 Å². The predicted octanol–water partition coefficient (Wildman–Crippen LogP) is 3.28. The Kier molecular flexibility index (Phi) is 4.00. The Hall–Kier alpha value is -2.10. The molecule has 0 aliphatic rings. The number of ether oxygens (including phenoxy) is 1. The highest BCUT2D eigenvalue weighted by atomic mass is 16.5. The van der Waals surface area contributed by atoms with Crippen molar-refractivity contribution in [2.45, 2.75) is 26.9 Å². The quantitative estimate of drug-likeness (QED) is 0.913. The van der Waals surface area contributed by atoms with Gasteiger partial charge in [-0.15, -0.1) is 0 Å². The van der Waals surface area contributed by atoms with E-state index >= 15 is 0 Å². The van der Waals surface area contributed by atoms with Gasteiger partial charge in [-0.25, -0.2) is 9.97 Å². The van der Waals surface area contributed by atoms with E-state index in [4.69, 9.17) is 4.74 Å². The maximum Gasteiger partial charge on any atom is 0.222 e. The van der Waals surface area contributed by atoms with Crippen molar-refractivity contribution >= 4 is 5.95 Å². The standard InChI is InChI=1S/C15H19N3O/c1-10(2)19-13-7-5-12(6-8-13)14-11(3)9-17-15(16-4)18-14/h5-10H,1-4H3,(H,16,17,18). The van der Waals surface area contributed by atoms with Crippen LogP contribution < -0.4 is 10.1 Å². The molecule has 0 aliphatic heterocycles. The number of hydrogen-bond donors (Lipinski definition) is 1. The topological polar surface area (TPSA) is 47.0 Å². The molecule has 4 heteroatoms. The normalized spacial score (nSPS) is 10.6. The third-order valence-corrected chi connectivity index (χ3v) is 2.69. The number of rotatable bonds is 4. The van der Waals surface area contributed by atoms with Gasteiger partial charge in [-0.05, 0) is 50.6 Å². The van der Waals surface area contributed by atoms with Crippen LogP contribution in [-0.2, 0) is 0 Å². The van der Waals surface area contributed by atoms with Gasteiger partial charge in [-0.2, -0.15) is 0 Å². The van der Waals surface area contributed by atoms with Crippen LogP contribution in [0, 0.1) is 6.92 Å². The van der Waals surface area contributed by atoms with Crippen molar-refractivity contribution in [2.24, 2.45) is 0 Å². The number of nitrogens with one attached hydrogen (secondary N) is 1. The molecule has 2 rings (SSSR count). The first-order chi connectivity index (χ1) is 9.10. The van der Waals surface area contributed by atoms with E-state index in [1.54, 1.807) is 0 Å². The lowest BCUT2D eigenvalue weighted by Gasteiger charge is -2.11. The van der Waals surface area contributed by atoms with Crippen LogP contribution in [0.1, 0.15) is 19.4 Å². The van der Waals surface area contributed by atoms with Gasteiger partial charge >= 0.3 is 0 Å². The van der Waals surface area contributed by atoms with Crippen LogP contribution >= 0.6 is 0 Å². The summed E-state index contributed by atoms with van der Waals surface area (Å²) in [6.07, 6.45) is 2.01. The number of anilines is 1. The summed E-state index contributed by atoms with van der Waals surface area (Å²) in [4.78, 5) is 8.68. The van der Waals surface area contributed by atoms with E-state index in [1.165, 1.54) is 0 Å². The second-order valence-corrected chi connectivity index (χ2v) is 4.67. The largest absolute Gasteiger partial charge is 0.491 e. The smallest absolute Gasteiger partial charge is 0.222 e. The first-order valence-corrected chi connectivity index (χ1v) is 6.38. The summed E-state index contributed by atoms with van der Waals surface area (Å²) in [5.74, 6) is 1.50. The Bertz CT molecular complexity index is 550. The minimum Gasteiger partial charge on any atom is -0.491 e. The number of hydrogen-bond acceptors (Lipinski definition) is 4. The highest BCUT2D eigenvalue weighted by Crippen LogP contribution is 2.24. The van der Waals surface area contributed by atoms with Crippen molar-refractivity contribution in [2.75, 3.05) is 12.4 Å². The molecule has 19 heavy (non-hydrogen) atoms. The third-order valence-electron chi connectivity index (χ3n) is 2.69. The summed E-state index contributed by atoms with van der Waals surface area (Å²) in [6.45, 7) is 6.04. The molecule has 0 radical (unpaired) electrons. The molecule has 0 saturated heterocycles. The second-order valence-electron chi connectivity index (χ2n) is 4.67. The molecule has 0 saturated carbocycles. The molecule has 1 aromatic carbocycles. The molecule has 0 fully saturated rings. The van der Waals surface area contributed by atoms with Crippen LogP contribution in [-0.4, -0.2) is 23.1 Å². The Labute approximate surface area is 113 Å². The van der Waals surface area contributed by atoms with Crippen LogP contribution in [0.5, 0.6) is 5.75 Å². The average Bonchev–Trinajstić information content (AvgIpc) is 2.40. The van der Waals surface area contributed by atoms with Crippen molar-refractivity contribution in [3.05, 3.63) is 36.0 Å². The highest BCUT2D eigenvalue weighted by Gasteiger charge is 2.06. The molecule has 0 bridgehead atoms. The lowest BCUT2D eigenvalue weighted by atomic mass is 10.1. The maximum absolute atomic E-state index is 5.64. The molecule has 1 aromatic heterocycles. The van der Waals surface area contributed by atoms with Crippen molar-refractivity contribution in [1.82, 2.24) is 9.97 Å². The predicted molar refractivity (Wildman–Crippen MR) is 77.5 cm³/mol. The summed E-state index contributed by atoms with van der Waals surface area (Å²) in [5.41, 5.74) is 3.06. The molecule has 0 amide bonds. The van der Waals surface area contributed by atoms with Crippen LogP contribution in [0.2, 0.25) is 0 Å². The van der Waals surface area contributed by atoms with Crippen molar-refractivity contribution in [3.63, 3.8) is 0 Å². The molecule has 0 unspecified atom stereocenters. The van der Waals surface area contributed by atoms with Gasteiger partial charge in [0.1, 0.15) is 5.75 Å². The third kappa shape index (κ3) is 3.22. The summed E-state index contributed by atoms with van der Waals surface area (Å²) < 4.78 is 5.64. The first-order valence-electron chi connectivity index (χ1n) is 6.38. The minimum atomic E-state index is 0.183. The van der Waals surface area contributed by atoms with E-state index in [9.17, 15) is 0 Å². The maximum atomic E-state index is 5.64. The zero-order valence-corrected chi connectivity index (χ0v) is 11.8. The van der Waals surface area contributed by atoms with Crippen molar-refractivity contribution in [1.29, 1.82) is 0 Å². The molecule has 0 spiro atoms. The summed E-state index contributed by atoms with van der Waals surface area (Å²) >= 11 is 0. The van der Waals surface area contributed by atoms with Gasteiger partial charge in [-0.3, -0.25) is 0 Å². The minimum absolute atomic E-state index is 0.183. The van der Waals surface area contributed by atoms with E-state index < -0.39 is 0 Å². The monoisotopic (exact) mass is 257 g/mol. The van der Waals surface area contributed by atoms with E-state index in [-0.39, 0.29) is 6.10 Å². The molecule has 1 heterocycles. The Morgan fingerprint density at radius 3 is 2.42 bits per heavy atom. The van der Waals surface area contributed by atoms with Crippen LogP contribution in [0.15, 0.2) is 30.5 Å². The Balaban J connectivity index is 2.31. The number of benzene rings is 1. The zero-order valence-electron chi connectivity index (χ0n) is 11.8. The molecule has 0 atom stereocenters. The van der Waals surface area contributed by atoms with Crippen molar-refractivity contribution in [3.8, 4) is 17.0 Å². The summed E-state index contributed by atoms with van der Waals surface area (Å²) in [7, 11) is 1.81. The number of aryl methyl sites for hydroxylation is 1. The molecule has 4 nitrogen and oxygen atoms in total. The van der Waals surface area contributed by atoms with E-state index in [0.29, 0.717) is 5.95 Å². The number of aromatic nitrogens is 2. The second kappa shape index (κ2) is 5.69. The Morgan fingerprint density at radius 1 is 1.16 bits per heavy atom. The SMILES string of the molecule is CNc1ncc(C)c(-c2ccc(OC(C)C)cc2)n1.